The van der Waals surface area contributed by atoms with Crippen molar-refractivity contribution in [2.75, 3.05) is 37.7 Å². The van der Waals surface area contributed by atoms with Crippen molar-refractivity contribution in [1.82, 2.24) is 9.88 Å². The van der Waals surface area contributed by atoms with Gasteiger partial charge < -0.3 is 23.4 Å². The molecular weight excluding hydrogens is 457 g/mol. The van der Waals surface area contributed by atoms with Gasteiger partial charge in [-0.25, -0.2) is 4.79 Å². The number of esters is 1. The maximum absolute atomic E-state index is 13.1. The highest BCUT2D eigenvalue weighted by Gasteiger charge is 2.35. The van der Waals surface area contributed by atoms with Crippen molar-refractivity contribution in [2.45, 2.75) is 6.18 Å². The highest BCUT2D eigenvalue weighted by molar-refractivity contribution is 5.93. The zero-order chi connectivity index (χ0) is 24.3. The Morgan fingerprint density at radius 3 is 2.50 bits per heavy atom. The van der Waals surface area contributed by atoms with E-state index in [1.54, 1.807) is 17.0 Å². The molecule has 176 valence electrons. The summed E-state index contributed by atoms with van der Waals surface area (Å²) in [5, 5.41) is 9.37. The number of carbonyl (C=O) groups is 2. The van der Waals surface area contributed by atoms with Crippen LogP contribution in [0.15, 0.2) is 51.5 Å². The average molecular weight is 474 g/mol. The molecule has 0 N–H and O–H groups in total. The lowest BCUT2D eigenvalue weighted by Crippen LogP contribution is -2.50. The molecule has 2 aromatic heterocycles. The first kappa shape index (κ1) is 22.9. The molecule has 3 aromatic rings. The Labute approximate surface area is 190 Å². The van der Waals surface area contributed by atoms with Crippen molar-refractivity contribution in [3.8, 4) is 17.7 Å². The molecule has 1 saturated heterocycles. The SMILES string of the molecule is N#Cc1nc(-c2ccco2)oc1N1CCN(C(=O)COC(=O)c2ccccc2C(F)(F)F)CC1. The lowest BCUT2D eigenvalue weighted by Gasteiger charge is -2.34. The van der Waals surface area contributed by atoms with Crippen LogP contribution in [-0.4, -0.2) is 54.5 Å². The van der Waals surface area contributed by atoms with Gasteiger partial charge in [-0.15, -0.1) is 0 Å². The summed E-state index contributed by atoms with van der Waals surface area (Å²) in [6, 6.07) is 9.47. The summed E-state index contributed by atoms with van der Waals surface area (Å²) < 4.78 is 55.0. The monoisotopic (exact) mass is 474 g/mol. The Bertz CT molecular complexity index is 1220. The van der Waals surface area contributed by atoms with Gasteiger partial charge >= 0.3 is 12.1 Å². The van der Waals surface area contributed by atoms with E-state index in [2.05, 4.69) is 4.98 Å². The van der Waals surface area contributed by atoms with E-state index in [9.17, 15) is 28.0 Å². The zero-order valence-corrected chi connectivity index (χ0v) is 17.5. The number of rotatable bonds is 5. The van der Waals surface area contributed by atoms with Crippen LogP contribution in [-0.2, 0) is 15.7 Å². The van der Waals surface area contributed by atoms with Gasteiger partial charge in [0.25, 0.3) is 11.8 Å². The molecule has 1 aliphatic heterocycles. The van der Waals surface area contributed by atoms with Crippen LogP contribution in [0.25, 0.3) is 11.7 Å². The molecule has 1 aromatic carbocycles. The fourth-order valence-electron chi connectivity index (χ4n) is 3.47. The number of furan rings is 1. The predicted molar refractivity (Wildman–Crippen MR) is 109 cm³/mol. The number of alkyl halides is 3. The Hall–Kier alpha value is -4.27. The van der Waals surface area contributed by atoms with Crippen LogP contribution in [0.2, 0.25) is 0 Å². The molecule has 0 unspecified atom stereocenters. The summed E-state index contributed by atoms with van der Waals surface area (Å²) in [5.74, 6) is -1.01. The second-order valence-electron chi connectivity index (χ2n) is 7.25. The third-order valence-electron chi connectivity index (χ3n) is 5.15. The molecule has 1 fully saturated rings. The maximum atomic E-state index is 13.1. The number of hydrogen-bond acceptors (Lipinski definition) is 8. The molecule has 1 aliphatic rings. The van der Waals surface area contributed by atoms with Crippen LogP contribution in [0.5, 0.6) is 0 Å². The third kappa shape index (κ3) is 4.73. The summed E-state index contributed by atoms with van der Waals surface area (Å²) in [5.41, 5.74) is -1.71. The number of halogens is 3. The molecule has 0 radical (unpaired) electrons. The van der Waals surface area contributed by atoms with E-state index in [0.29, 0.717) is 18.8 Å². The number of nitrogens with zero attached hydrogens (tertiary/aromatic N) is 4. The summed E-state index contributed by atoms with van der Waals surface area (Å²) in [7, 11) is 0. The number of carbonyl (C=O) groups excluding carboxylic acids is 2. The van der Waals surface area contributed by atoms with E-state index in [-0.39, 0.29) is 30.6 Å². The van der Waals surface area contributed by atoms with Gasteiger partial charge in [-0.1, -0.05) is 12.1 Å². The smallest absolute Gasteiger partial charge is 0.417 e. The van der Waals surface area contributed by atoms with E-state index in [1.807, 2.05) is 6.07 Å². The Balaban J connectivity index is 1.34. The van der Waals surface area contributed by atoms with Crippen LogP contribution in [0.1, 0.15) is 21.6 Å². The Morgan fingerprint density at radius 1 is 1.12 bits per heavy atom. The fourth-order valence-corrected chi connectivity index (χ4v) is 3.47. The second kappa shape index (κ2) is 9.30. The largest absolute Gasteiger partial charge is 0.459 e. The average Bonchev–Trinajstić information content (AvgIpc) is 3.52. The minimum atomic E-state index is -4.73. The number of hydrogen-bond donors (Lipinski definition) is 0. The van der Waals surface area contributed by atoms with Gasteiger partial charge in [-0.3, -0.25) is 4.79 Å². The van der Waals surface area contributed by atoms with Crippen molar-refractivity contribution in [3.05, 3.63) is 59.5 Å². The lowest BCUT2D eigenvalue weighted by molar-refractivity contribution is -0.138. The van der Waals surface area contributed by atoms with Crippen molar-refractivity contribution in [2.24, 2.45) is 0 Å². The summed E-state index contributed by atoms with van der Waals surface area (Å²) in [6.07, 6.45) is -3.28. The molecule has 34 heavy (non-hydrogen) atoms. The standard InChI is InChI=1S/C22H17F3N4O5/c23-22(24,25)15-5-2-1-4-14(15)21(31)33-13-18(30)28-7-9-29(10-8-28)20-16(12-26)27-19(34-20)17-6-3-11-32-17/h1-6,11H,7-10,13H2. The molecule has 3 heterocycles. The minimum Gasteiger partial charge on any atom is -0.459 e. The number of aromatic nitrogens is 1. The number of benzene rings is 1. The van der Waals surface area contributed by atoms with Crippen molar-refractivity contribution >= 4 is 17.8 Å². The molecular formula is C22H17F3N4O5. The van der Waals surface area contributed by atoms with Crippen LogP contribution >= 0.6 is 0 Å². The van der Waals surface area contributed by atoms with Crippen LogP contribution in [0.4, 0.5) is 19.1 Å². The molecule has 0 aliphatic carbocycles. The number of anilines is 1. The van der Waals surface area contributed by atoms with Gasteiger partial charge in [0.1, 0.15) is 6.07 Å². The topological polar surface area (TPSA) is 113 Å². The van der Waals surface area contributed by atoms with E-state index < -0.39 is 35.8 Å². The van der Waals surface area contributed by atoms with Gasteiger partial charge in [0, 0.05) is 26.2 Å². The molecule has 4 rings (SSSR count). The van der Waals surface area contributed by atoms with Gasteiger partial charge in [0.05, 0.1) is 17.4 Å². The van der Waals surface area contributed by atoms with Crippen molar-refractivity contribution in [3.63, 3.8) is 0 Å². The van der Waals surface area contributed by atoms with Crippen LogP contribution in [0, 0.1) is 11.3 Å². The molecule has 0 saturated carbocycles. The van der Waals surface area contributed by atoms with Gasteiger partial charge in [-0.2, -0.15) is 23.4 Å². The van der Waals surface area contributed by atoms with Gasteiger partial charge in [0.2, 0.25) is 11.6 Å². The van der Waals surface area contributed by atoms with E-state index in [4.69, 9.17) is 13.6 Å². The fraction of sp³-hybridized carbons (Fsp3) is 0.273. The van der Waals surface area contributed by atoms with Crippen LogP contribution < -0.4 is 4.90 Å². The van der Waals surface area contributed by atoms with E-state index >= 15 is 0 Å². The molecule has 12 heteroatoms. The summed E-state index contributed by atoms with van der Waals surface area (Å²) in [6.45, 7) is 0.351. The Kier molecular flexibility index (Phi) is 6.27. The zero-order valence-electron chi connectivity index (χ0n) is 17.5. The third-order valence-corrected chi connectivity index (χ3v) is 5.15. The van der Waals surface area contributed by atoms with E-state index in [0.717, 1.165) is 18.2 Å². The predicted octanol–water partition coefficient (Wildman–Crippen LogP) is 3.33. The molecule has 0 atom stereocenters. The first-order chi connectivity index (χ1) is 16.3. The second-order valence-corrected chi connectivity index (χ2v) is 7.25. The highest BCUT2D eigenvalue weighted by Crippen LogP contribution is 2.32. The molecule has 1 amide bonds. The summed E-state index contributed by atoms with van der Waals surface area (Å²) >= 11 is 0. The number of ether oxygens (including phenoxy) is 1. The first-order valence-electron chi connectivity index (χ1n) is 10.1. The number of piperazine rings is 1. The molecule has 0 spiro atoms. The van der Waals surface area contributed by atoms with Gasteiger partial charge in [0.15, 0.2) is 12.4 Å². The summed E-state index contributed by atoms with van der Waals surface area (Å²) in [4.78, 5) is 31.9. The minimum absolute atomic E-state index is 0.0726. The number of amides is 1. The maximum Gasteiger partial charge on any atom is 0.417 e. The number of nitriles is 1. The lowest BCUT2D eigenvalue weighted by atomic mass is 10.1. The van der Waals surface area contributed by atoms with Crippen molar-refractivity contribution in [1.29, 1.82) is 5.26 Å². The van der Waals surface area contributed by atoms with E-state index in [1.165, 1.54) is 17.2 Å². The Morgan fingerprint density at radius 2 is 1.85 bits per heavy atom. The highest BCUT2D eigenvalue weighted by atomic mass is 19.4. The normalized spacial score (nSPS) is 14.1. The van der Waals surface area contributed by atoms with Crippen molar-refractivity contribution < 1.29 is 36.3 Å². The molecule has 9 nitrogen and oxygen atoms in total. The van der Waals surface area contributed by atoms with Gasteiger partial charge in [-0.05, 0) is 24.3 Å². The molecule has 0 bridgehead atoms. The quantitative estimate of drug-likeness (QED) is 0.518. The number of oxazole rings is 1. The van der Waals surface area contributed by atoms with Crippen LogP contribution in [0.3, 0.4) is 0 Å². The first-order valence-corrected chi connectivity index (χ1v) is 10.1.